The van der Waals surface area contributed by atoms with Crippen LogP contribution >= 0.6 is 7.82 Å². The average Bonchev–Trinajstić information content (AvgIpc) is 2.03. The van der Waals surface area contributed by atoms with Crippen LogP contribution in [0.2, 0.25) is 0 Å². The molecule has 0 rings (SSSR count). The predicted octanol–water partition coefficient (Wildman–Crippen LogP) is 2.16. The maximum Gasteiger partial charge on any atom is 2.00 e. The van der Waals surface area contributed by atoms with Gasteiger partial charge in [0.05, 0.1) is 6.61 Å². The first-order chi connectivity index (χ1) is 5.99. The summed E-state index contributed by atoms with van der Waals surface area (Å²) in [5.74, 6) is 0.271. The van der Waals surface area contributed by atoms with E-state index in [2.05, 4.69) is 11.4 Å². The number of hydrogen-bond acceptors (Lipinski definition) is 2. The van der Waals surface area contributed by atoms with Crippen molar-refractivity contribution in [2.75, 3.05) is 6.61 Å². The quantitative estimate of drug-likeness (QED) is 0.525. The number of hydrogen-bond donors (Lipinski definition) is 2. The van der Waals surface area contributed by atoms with E-state index in [-0.39, 0.29) is 38.4 Å². The molecule has 14 heavy (non-hydrogen) atoms. The van der Waals surface area contributed by atoms with Crippen LogP contribution in [0.3, 0.4) is 0 Å². The minimum absolute atomic E-state index is 0. The molecule has 0 aliphatic carbocycles. The summed E-state index contributed by atoms with van der Waals surface area (Å²) in [7, 11) is -4.26. The smallest absolute Gasteiger partial charge is 1.00 e. The van der Waals surface area contributed by atoms with Crippen LogP contribution in [-0.4, -0.2) is 39.4 Å². The Labute approximate surface area is 105 Å². The van der Waals surface area contributed by atoms with Gasteiger partial charge in [-0.2, -0.15) is 0 Å². The van der Waals surface area contributed by atoms with Gasteiger partial charge >= 0.3 is 30.9 Å². The molecule has 0 aliphatic rings. The van der Waals surface area contributed by atoms with E-state index in [1.165, 1.54) is 0 Å². The van der Waals surface area contributed by atoms with E-state index in [9.17, 15) is 4.57 Å². The molecule has 0 aromatic heterocycles. The van der Waals surface area contributed by atoms with Crippen LogP contribution in [-0.2, 0) is 9.09 Å². The van der Waals surface area contributed by atoms with Crippen molar-refractivity contribution in [3.8, 4) is 0 Å². The summed E-state index contributed by atoms with van der Waals surface area (Å²) >= 11 is 0. The van der Waals surface area contributed by atoms with Gasteiger partial charge in [0.2, 0.25) is 0 Å². The molecule has 0 amide bonds. The summed E-state index contributed by atoms with van der Waals surface area (Å²) in [5.41, 5.74) is 0. The van der Waals surface area contributed by atoms with Gasteiger partial charge in [0.1, 0.15) is 0 Å². The van der Waals surface area contributed by atoms with Crippen LogP contribution in [0.25, 0.3) is 0 Å². The summed E-state index contributed by atoms with van der Waals surface area (Å²) < 4.78 is 14.8. The Bertz CT molecular complexity index is 179. The summed E-state index contributed by atoms with van der Waals surface area (Å²) in [6.45, 7) is 4.26. The standard InChI is InChI=1S/C8H19O4P.Mg.2H/c1-3-5-6-8(4-2)7-12-13(9,10)11;;;/h8H,3-7H2,1-2H3,(H2,9,10,11);;;/q;+2;2*-1. The Morgan fingerprint density at radius 3 is 2.36 bits per heavy atom. The molecule has 2 N–H and O–H groups in total. The fourth-order valence-corrected chi connectivity index (χ4v) is 1.51. The Hall–Kier alpha value is 0.876. The monoisotopic (exact) mass is 236 g/mol. The van der Waals surface area contributed by atoms with Gasteiger partial charge in [-0.3, -0.25) is 4.52 Å². The third-order valence-electron chi connectivity index (χ3n) is 2.02. The van der Waals surface area contributed by atoms with Gasteiger partial charge in [0, 0.05) is 0 Å². The van der Waals surface area contributed by atoms with Crippen LogP contribution in [0, 0.1) is 5.92 Å². The molecule has 0 aromatic rings. The molecule has 0 aliphatic heterocycles. The average molecular weight is 237 g/mol. The Morgan fingerprint density at radius 1 is 1.43 bits per heavy atom. The van der Waals surface area contributed by atoms with E-state index in [1.54, 1.807) is 0 Å². The van der Waals surface area contributed by atoms with Gasteiger partial charge in [-0.1, -0.05) is 33.1 Å². The minimum Gasteiger partial charge on any atom is -1.00 e. The molecule has 0 aromatic carbocycles. The first kappa shape index (κ1) is 17.3. The molecule has 84 valence electrons. The summed E-state index contributed by atoms with van der Waals surface area (Å²) in [4.78, 5) is 17.0. The molecule has 1 unspecified atom stereocenters. The second kappa shape index (κ2) is 9.13. The maximum atomic E-state index is 10.4. The molecule has 4 nitrogen and oxygen atoms in total. The first-order valence-corrected chi connectivity index (χ1v) is 6.22. The topological polar surface area (TPSA) is 66.8 Å². The van der Waals surface area contributed by atoms with E-state index < -0.39 is 7.82 Å². The van der Waals surface area contributed by atoms with Crippen molar-refractivity contribution in [3.05, 3.63) is 0 Å². The van der Waals surface area contributed by atoms with Crippen LogP contribution in [0.15, 0.2) is 0 Å². The van der Waals surface area contributed by atoms with Crippen molar-refractivity contribution in [3.63, 3.8) is 0 Å². The van der Waals surface area contributed by atoms with Gasteiger partial charge in [-0.15, -0.1) is 0 Å². The molecule has 0 radical (unpaired) electrons. The van der Waals surface area contributed by atoms with Crippen LogP contribution in [0.5, 0.6) is 0 Å². The van der Waals surface area contributed by atoms with Gasteiger partial charge in [-0.05, 0) is 12.3 Å². The molecular weight excluding hydrogens is 215 g/mol. The van der Waals surface area contributed by atoms with Crippen molar-refractivity contribution in [2.24, 2.45) is 5.92 Å². The van der Waals surface area contributed by atoms with Crippen molar-refractivity contribution >= 4 is 30.9 Å². The third kappa shape index (κ3) is 11.0. The largest absolute Gasteiger partial charge is 2.00 e. The van der Waals surface area contributed by atoms with E-state index in [0.717, 1.165) is 25.7 Å². The number of rotatable bonds is 7. The number of phosphoric ester groups is 1. The zero-order chi connectivity index (χ0) is 10.3. The summed E-state index contributed by atoms with van der Waals surface area (Å²) in [6, 6.07) is 0. The van der Waals surface area contributed by atoms with Crippen molar-refractivity contribution in [1.29, 1.82) is 0 Å². The fourth-order valence-electron chi connectivity index (χ4n) is 1.10. The Balaban J connectivity index is -0.000000240. The van der Waals surface area contributed by atoms with Gasteiger partial charge < -0.3 is 12.6 Å². The van der Waals surface area contributed by atoms with Crippen molar-refractivity contribution in [2.45, 2.75) is 39.5 Å². The van der Waals surface area contributed by atoms with E-state index in [4.69, 9.17) is 9.79 Å². The Kier molecular flexibility index (Phi) is 11.3. The zero-order valence-corrected chi connectivity index (χ0v) is 11.3. The molecular formula is C8H21MgO4P. The molecule has 0 saturated heterocycles. The van der Waals surface area contributed by atoms with Gasteiger partial charge in [0.15, 0.2) is 0 Å². The molecule has 0 bridgehead atoms. The van der Waals surface area contributed by atoms with E-state index >= 15 is 0 Å². The van der Waals surface area contributed by atoms with Crippen molar-refractivity contribution in [1.82, 2.24) is 0 Å². The second-order valence-corrected chi connectivity index (χ2v) is 4.44. The minimum atomic E-state index is -4.26. The molecule has 0 saturated carbocycles. The first-order valence-electron chi connectivity index (χ1n) is 4.69. The number of unbranched alkanes of at least 4 members (excludes halogenated alkanes) is 1. The Morgan fingerprint density at radius 2 is 2.00 bits per heavy atom. The molecule has 0 fully saturated rings. The molecule has 0 spiro atoms. The third-order valence-corrected chi connectivity index (χ3v) is 2.51. The summed E-state index contributed by atoms with van der Waals surface area (Å²) in [6.07, 6.45) is 4.07. The zero-order valence-electron chi connectivity index (χ0n) is 11.0. The van der Waals surface area contributed by atoms with Crippen LogP contribution in [0.4, 0.5) is 0 Å². The summed E-state index contributed by atoms with van der Waals surface area (Å²) in [5, 5.41) is 0. The van der Waals surface area contributed by atoms with Crippen molar-refractivity contribution < 1.29 is 21.7 Å². The van der Waals surface area contributed by atoms with Crippen LogP contribution < -0.4 is 0 Å². The predicted molar refractivity (Wildman–Crippen MR) is 59.3 cm³/mol. The van der Waals surface area contributed by atoms with Gasteiger partial charge in [0.25, 0.3) is 0 Å². The molecule has 1 atom stereocenters. The molecule has 6 heteroatoms. The maximum absolute atomic E-state index is 10.4. The second-order valence-electron chi connectivity index (χ2n) is 3.20. The van der Waals surface area contributed by atoms with E-state index in [0.29, 0.717) is 0 Å². The fraction of sp³-hybridized carbons (Fsp3) is 1.00. The van der Waals surface area contributed by atoms with E-state index in [1.807, 2.05) is 6.92 Å². The number of phosphoric acid groups is 1. The van der Waals surface area contributed by atoms with Crippen LogP contribution in [0.1, 0.15) is 42.4 Å². The normalized spacial score (nSPS) is 13.4. The SMILES string of the molecule is CCCCC(CC)COP(=O)(O)O.[H-].[H-].[Mg+2]. The van der Waals surface area contributed by atoms with Gasteiger partial charge in [-0.25, -0.2) is 4.57 Å². The molecule has 0 heterocycles.